The zero-order valence-corrected chi connectivity index (χ0v) is 11.1. The molecule has 0 nitrogen and oxygen atoms in total. The summed E-state index contributed by atoms with van der Waals surface area (Å²) < 4.78 is 0.923. The Morgan fingerprint density at radius 3 is 2.50 bits per heavy atom. The van der Waals surface area contributed by atoms with E-state index in [1.807, 2.05) is 0 Å². The van der Waals surface area contributed by atoms with E-state index in [4.69, 9.17) is 11.6 Å². The van der Waals surface area contributed by atoms with Crippen LogP contribution in [0, 0.1) is 12.3 Å². The number of rotatable bonds is 4. The summed E-state index contributed by atoms with van der Waals surface area (Å²) in [5, 5.41) is 0. The number of hydrogen-bond donors (Lipinski definition) is 0. The quantitative estimate of drug-likeness (QED) is 0.677. The van der Waals surface area contributed by atoms with E-state index in [1.165, 1.54) is 23.3 Å². The highest BCUT2D eigenvalue weighted by atomic mass is 35.5. The van der Waals surface area contributed by atoms with Crippen LogP contribution in [-0.4, -0.2) is 0 Å². The minimum atomic E-state index is 0.459. The molecule has 0 radical (unpaired) electrons. The van der Waals surface area contributed by atoms with Gasteiger partial charge in [0, 0.05) is 4.88 Å². The van der Waals surface area contributed by atoms with E-state index >= 15 is 0 Å². The molecule has 1 heterocycles. The SMILES string of the molecule is CCC(C)(C)CCc1cc(Cl)sc1C. The first-order chi connectivity index (χ1) is 6.44. The van der Waals surface area contributed by atoms with Gasteiger partial charge in [-0.2, -0.15) is 0 Å². The molecule has 1 rings (SSSR count). The maximum Gasteiger partial charge on any atom is 0.0933 e. The predicted molar refractivity (Wildman–Crippen MR) is 66.5 cm³/mol. The summed E-state index contributed by atoms with van der Waals surface area (Å²) in [5.74, 6) is 0. The molecule has 0 aliphatic heterocycles. The van der Waals surface area contributed by atoms with Crippen LogP contribution < -0.4 is 0 Å². The Hall–Kier alpha value is -0.0100. The van der Waals surface area contributed by atoms with Gasteiger partial charge in [0.15, 0.2) is 0 Å². The zero-order chi connectivity index (χ0) is 10.8. The predicted octanol–water partition coefficient (Wildman–Crippen LogP) is 5.08. The largest absolute Gasteiger partial charge is 0.128 e. The molecule has 0 fully saturated rings. The molecular formula is C12H19ClS. The second kappa shape index (κ2) is 4.67. The topological polar surface area (TPSA) is 0 Å². The molecule has 0 bridgehead atoms. The lowest BCUT2D eigenvalue weighted by Gasteiger charge is -2.22. The van der Waals surface area contributed by atoms with Crippen LogP contribution in [0.1, 0.15) is 44.1 Å². The standard InChI is InChI=1S/C12H19ClS/c1-5-12(3,4)7-6-10-8-11(13)14-9(10)2/h8H,5-7H2,1-4H3. The third kappa shape index (κ3) is 3.29. The second-order valence-electron chi connectivity index (χ2n) is 4.65. The Bertz CT molecular complexity index is 299. The summed E-state index contributed by atoms with van der Waals surface area (Å²) in [5.41, 5.74) is 1.89. The van der Waals surface area contributed by atoms with Gasteiger partial charge in [0.1, 0.15) is 0 Å². The maximum absolute atomic E-state index is 5.97. The average Bonchev–Trinajstić information content (AvgIpc) is 2.42. The Balaban J connectivity index is 2.58. The summed E-state index contributed by atoms with van der Waals surface area (Å²) in [6, 6.07) is 2.12. The van der Waals surface area contributed by atoms with E-state index < -0.39 is 0 Å². The van der Waals surface area contributed by atoms with Crippen molar-refractivity contribution in [1.82, 2.24) is 0 Å². The molecule has 0 amide bonds. The monoisotopic (exact) mass is 230 g/mol. The van der Waals surface area contributed by atoms with Gasteiger partial charge in [-0.1, -0.05) is 38.8 Å². The summed E-state index contributed by atoms with van der Waals surface area (Å²) in [6.07, 6.45) is 3.65. The lowest BCUT2D eigenvalue weighted by molar-refractivity contribution is 0.322. The number of thiophene rings is 1. The van der Waals surface area contributed by atoms with E-state index in [1.54, 1.807) is 11.3 Å². The summed E-state index contributed by atoms with van der Waals surface area (Å²) in [7, 11) is 0. The Morgan fingerprint density at radius 1 is 1.43 bits per heavy atom. The van der Waals surface area contributed by atoms with Crippen molar-refractivity contribution in [3.63, 3.8) is 0 Å². The Labute approximate surface area is 96.3 Å². The first-order valence-corrected chi connectivity index (χ1v) is 6.39. The van der Waals surface area contributed by atoms with Gasteiger partial charge in [0.25, 0.3) is 0 Å². The van der Waals surface area contributed by atoms with Gasteiger partial charge in [-0.3, -0.25) is 0 Å². The number of aryl methyl sites for hydroxylation is 2. The molecule has 0 saturated carbocycles. The second-order valence-corrected chi connectivity index (χ2v) is 6.54. The molecule has 1 aromatic heterocycles. The normalized spacial score (nSPS) is 12.1. The van der Waals surface area contributed by atoms with Crippen LogP contribution >= 0.6 is 22.9 Å². The smallest absolute Gasteiger partial charge is 0.0933 e. The number of halogens is 1. The van der Waals surface area contributed by atoms with Crippen LogP contribution in [0.25, 0.3) is 0 Å². The van der Waals surface area contributed by atoms with Crippen molar-refractivity contribution in [1.29, 1.82) is 0 Å². The number of hydrogen-bond acceptors (Lipinski definition) is 1. The van der Waals surface area contributed by atoms with Gasteiger partial charge in [0.05, 0.1) is 4.34 Å². The van der Waals surface area contributed by atoms with Crippen molar-refractivity contribution < 1.29 is 0 Å². The van der Waals surface area contributed by atoms with Gasteiger partial charge in [-0.15, -0.1) is 11.3 Å². The van der Waals surface area contributed by atoms with Gasteiger partial charge in [-0.25, -0.2) is 0 Å². The van der Waals surface area contributed by atoms with E-state index in [0.717, 1.165) is 10.8 Å². The molecule has 14 heavy (non-hydrogen) atoms. The highest BCUT2D eigenvalue weighted by Crippen LogP contribution is 2.31. The highest BCUT2D eigenvalue weighted by Gasteiger charge is 2.15. The third-order valence-electron chi connectivity index (χ3n) is 3.02. The average molecular weight is 231 g/mol. The Kier molecular flexibility index (Phi) is 4.03. The van der Waals surface area contributed by atoms with Crippen molar-refractivity contribution >= 4 is 22.9 Å². The van der Waals surface area contributed by atoms with Crippen LogP contribution in [0.15, 0.2) is 6.07 Å². The molecule has 0 N–H and O–H groups in total. The first kappa shape index (κ1) is 12.1. The maximum atomic E-state index is 5.97. The van der Waals surface area contributed by atoms with Crippen LogP contribution in [-0.2, 0) is 6.42 Å². The van der Waals surface area contributed by atoms with E-state index in [9.17, 15) is 0 Å². The fourth-order valence-electron chi connectivity index (χ4n) is 1.38. The molecule has 0 aromatic carbocycles. The van der Waals surface area contributed by atoms with Crippen molar-refractivity contribution in [3.05, 3.63) is 20.8 Å². The molecule has 0 aliphatic rings. The third-order valence-corrected chi connectivity index (χ3v) is 4.24. The van der Waals surface area contributed by atoms with Crippen molar-refractivity contribution in [2.24, 2.45) is 5.41 Å². The molecule has 0 atom stereocenters. The first-order valence-electron chi connectivity index (χ1n) is 5.19. The molecule has 1 aromatic rings. The van der Waals surface area contributed by atoms with Crippen molar-refractivity contribution in [3.8, 4) is 0 Å². The van der Waals surface area contributed by atoms with E-state index in [2.05, 4.69) is 33.8 Å². The molecule has 0 saturated heterocycles. The highest BCUT2D eigenvalue weighted by molar-refractivity contribution is 7.16. The molecule has 2 heteroatoms. The Morgan fingerprint density at radius 2 is 2.07 bits per heavy atom. The zero-order valence-electron chi connectivity index (χ0n) is 9.48. The van der Waals surface area contributed by atoms with Crippen molar-refractivity contribution in [2.45, 2.75) is 47.0 Å². The summed E-state index contributed by atoms with van der Waals surface area (Å²) in [4.78, 5) is 1.38. The van der Waals surface area contributed by atoms with Gasteiger partial charge >= 0.3 is 0 Å². The minimum Gasteiger partial charge on any atom is -0.128 e. The van der Waals surface area contributed by atoms with Gasteiger partial charge < -0.3 is 0 Å². The van der Waals surface area contributed by atoms with Crippen LogP contribution in [0.2, 0.25) is 4.34 Å². The molecular weight excluding hydrogens is 212 g/mol. The van der Waals surface area contributed by atoms with Gasteiger partial charge in [0.2, 0.25) is 0 Å². The lowest BCUT2D eigenvalue weighted by atomic mass is 9.84. The fourth-order valence-corrected chi connectivity index (χ4v) is 2.64. The lowest BCUT2D eigenvalue weighted by Crippen LogP contribution is -2.10. The van der Waals surface area contributed by atoms with Crippen molar-refractivity contribution in [2.75, 3.05) is 0 Å². The van der Waals surface area contributed by atoms with E-state index in [-0.39, 0.29) is 0 Å². The molecule has 0 spiro atoms. The van der Waals surface area contributed by atoms with Crippen LogP contribution in [0.5, 0.6) is 0 Å². The van der Waals surface area contributed by atoms with Crippen LogP contribution in [0.4, 0.5) is 0 Å². The summed E-state index contributed by atoms with van der Waals surface area (Å²) >= 11 is 7.66. The molecule has 0 aliphatic carbocycles. The van der Waals surface area contributed by atoms with Gasteiger partial charge in [-0.05, 0) is 36.8 Å². The van der Waals surface area contributed by atoms with Crippen LogP contribution in [0.3, 0.4) is 0 Å². The fraction of sp³-hybridized carbons (Fsp3) is 0.667. The molecule has 80 valence electrons. The minimum absolute atomic E-state index is 0.459. The summed E-state index contributed by atoms with van der Waals surface area (Å²) in [6.45, 7) is 9.07. The molecule has 0 unspecified atom stereocenters. The van der Waals surface area contributed by atoms with E-state index in [0.29, 0.717) is 5.41 Å².